The first-order valence-electron chi connectivity index (χ1n) is 7.05. The number of fused-ring (bicyclic) bond motifs is 1. The van der Waals surface area contributed by atoms with E-state index in [9.17, 15) is 0 Å². The number of pyridine rings is 1. The third kappa shape index (κ3) is 3.62. The Balaban J connectivity index is 2.43. The maximum absolute atomic E-state index is 8.94. The molecule has 0 saturated carbocycles. The van der Waals surface area contributed by atoms with Gasteiger partial charge in [0.25, 0.3) is 0 Å². The van der Waals surface area contributed by atoms with Gasteiger partial charge in [-0.3, -0.25) is 0 Å². The molecule has 0 spiro atoms. The van der Waals surface area contributed by atoms with Crippen LogP contribution in [0.15, 0.2) is 35.5 Å². The topological polar surface area (TPSA) is 80.7 Å². The van der Waals surface area contributed by atoms with Gasteiger partial charge in [-0.15, -0.1) is 0 Å². The van der Waals surface area contributed by atoms with Crippen molar-refractivity contribution < 1.29 is 9.94 Å². The summed E-state index contributed by atoms with van der Waals surface area (Å²) in [4.78, 5) is 4.50. The van der Waals surface area contributed by atoms with Crippen molar-refractivity contribution in [2.24, 2.45) is 16.8 Å². The second-order valence-corrected chi connectivity index (χ2v) is 5.58. The molecule has 0 aliphatic carbocycles. The predicted octanol–water partition coefficient (Wildman–Crippen LogP) is 3.14. The van der Waals surface area contributed by atoms with Gasteiger partial charge in [-0.2, -0.15) is 0 Å². The fraction of sp³-hybridized carbons (Fsp3) is 0.375. The molecular weight excluding hydrogens is 266 g/mol. The van der Waals surface area contributed by atoms with Gasteiger partial charge in [0.05, 0.1) is 17.2 Å². The predicted molar refractivity (Wildman–Crippen MR) is 83.8 cm³/mol. The lowest BCUT2D eigenvalue weighted by Crippen LogP contribution is -2.20. The highest BCUT2D eigenvalue weighted by atomic mass is 16.5. The van der Waals surface area contributed by atoms with E-state index in [1.54, 1.807) is 0 Å². The van der Waals surface area contributed by atoms with E-state index in [2.05, 4.69) is 24.0 Å². The molecule has 1 unspecified atom stereocenters. The number of aromatic nitrogens is 1. The Morgan fingerprint density at radius 1 is 1.33 bits per heavy atom. The molecule has 2 rings (SSSR count). The molecule has 5 heteroatoms. The van der Waals surface area contributed by atoms with E-state index < -0.39 is 0 Å². The SMILES string of the molecule is CC(C)CC(C)Oc1nc2ccccc2cc1C(N)=NO. The average Bonchev–Trinajstić information content (AvgIpc) is 2.44. The van der Waals surface area contributed by atoms with Crippen molar-refractivity contribution in [2.75, 3.05) is 0 Å². The second kappa shape index (κ2) is 6.43. The van der Waals surface area contributed by atoms with Crippen LogP contribution in [0, 0.1) is 5.92 Å². The molecule has 0 aliphatic heterocycles. The van der Waals surface area contributed by atoms with E-state index in [0.29, 0.717) is 17.4 Å². The Hall–Kier alpha value is -2.30. The molecule has 112 valence electrons. The van der Waals surface area contributed by atoms with Crippen molar-refractivity contribution in [1.29, 1.82) is 0 Å². The molecule has 1 heterocycles. The standard InChI is InChI=1S/C16H21N3O2/c1-10(2)8-11(3)21-16-13(15(17)19-20)9-12-6-4-5-7-14(12)18-16/h4-7,9-11,20H,8H2,1-3H3,(H2,17,19). The van der Waals surface area contributed by atoms with Crippen LogP contribution >= 0.6 is 0 Å². The first kappa shape index (κ1) is 15.1. The minimum atomic E-state index is 0.000000000000000444. The number of oxime groups is 1. The second-order valence-electron chi connectivity index (χ2n) is 5.58. The first-order chi connectivity index (χ1) is 10.0. The third-order valence-electron chi connectivity index (χ3n) is 3.19. The van der Waals surface area contributed by atoms with Crippen molar-refractivity contribution >= 4 is 16.7 Å². The number of amidine groups is 1. The van der Waals surface area contributed by atoms with Crippen LogP contribution < -0.4 is 10.5 Å². The quantitative estimate of drug-likeness (QED) is 0.383. The van der Waals surface area contributed by atoms with Gasteiger partial charge in [0.1, 0.15) is 0 Å². The summed E-state index contributed by atoms with van der Waals surface area (Å²) in [5, 5.41) is 12.9. The van der Waals surface area contributed by atoms with Crippen LogP contribution in [-0.2, 0) is 0 Å². The highest BCUT2D eigenvalue weighted by Crippen LogP contribution is 2.24. The van der Waals surface area contributed by atoms with Crippen LogP contribution in [0.3, 0.4) is 0 Å². The zero-order valence-corrected chi connectivity index (χ0v) is 12.6. The molecule has 0 amide bonds. The smallest absolute Gasteiger partial charge is 0.225 e. The molecule has 21 heavy (non-hydrogen) atoms. The van der Waals surface area contributed by atoms with Gasteiger partial charge in [0, 0.05) is 5.39 Å². The molecule has 2 aromatic rings. The van der Waals surface area contributed by atoms with E-state index in [0.717, 1.165) is 17.3 Å². The number of benzene rings is 1. The van der Waals surface area contributed by atoms with Gasteiger partial charge < -0.3 is 15.7 Å². The number of ether oxygens (including phenoxy) is 1. The number of hydrogen-bond donors (Lipinski definition) is 2. The highest BCUT2D eigenvalue weighted by molar-refractivity contribution is 6.02. The normalized spacial score (nSPS) is 13.6. The summed E-state index contributed by atoms with van der Waals surface area (Å²) >= 11 is 0. The van der Waals surface area contributed by atoms with E-state index in [-0.39, 0.29) is 11.9 Å². The van der Waals surface area contributed by atoms with Gasteiger partial charge in [0.2, 0.25) is 5.88 Å². The zero-order chi connectivity index (χ0) is 15.4. The van der Waals surface area contributed by atoms with Gasteiger partial charge in [-0.05, 0) is 31.4 Å². The van der Waals surface area contributed by atoms with Crippen LogP contribution in [0.4, 0.5) is 0 Å². The molecule has 3 N–H and O–H groups in total. The van der Waals surface area contributed by atoms with E-state index >= 15 is 0 Å². The molecule has 0 aliphatic rings. The zero-order valence-electron chi connectivity index (χ0n) is 12.6. The van der Waals surface area contributed by atoms with E-state index in [4.69, 9.17) is 15.7 Å². The average molecular weight is 287 g/mol. The summed E-state index contributed by atoms with van der Waals surface area (Å²) in [6, 6.07) is 9.50. The summed E-state index contributed by atoms with van der Waals surface area (Å²) in [5.41, 5.74) is 7.07. The van der Waals surface area contributed by atoms with Gasteiger partial charge >= 0.3 is 0 Å². The summed E-state index contributed by atoms with van der Waals surface area (Å²) in [6.07, 6.45) is 0.910. The molecule has 0 radical (unpaired) electrons. The molecule has 5 nitrogen and oxygen atoms in total. The van der Waals surface area contributed by atoms with Crippen molar-refractivity contribution in [3.8, 4) is 5.88 Å². The van der Waals surface area contributed by atoms with Crippen molar-refractivity contribution in [3.63, 3.8) is 0 Å². The van der Waals surface area contributed by atoms with Crippen LogP contribution in [0.2, 0.25) is 0 Å². The van der Waals surface area contributed by atoms with Crippen LogP contribution in [0.1, 0.15) is 32.8 Å². The van der Waals surface area contributed by atoms with E-state index in [1.165, 1.54) is 0 Å². The Morgan fingerprint density at radius 2 is 2.05 bits per heavy atom. The van der Waals surface area contributed by atoms with Crippen LogP contribution in [-0.4, -0.2) is 22.1 Å². The number of nitrogens with zero attached hydrogens (tertiary/aromatic N) is 2. The Bertz CT molecular complexity index is 653. The number of nitrogens with two attached hydrogens (primary N) is 1. The number of hydrogen-bond acceptors (Lipinski definition) is 4. The highest BCUT2D eigenvalue weighted by Gasteiger charge is 2.15. The van der Waals surface area contributed by atoms with Crippen molar-refractivity contribution in [1.82, 2.24) is 4.98 Å². The maximum atomic E-state index is 8.94. The summed E-state index contributed by atoms with van der Waals surface area (Å²) in [6.45, 7) is 6.27. The summed E-state index contributed by atoms with van der Waals surface area (Å²) in [7, 11) is 0. The first-order valence-corrected chi connectivity index (χ1v) is 7.05. The molecule has 0 saturated heterocycles. The Kier molecular flexibility index (Phi) is 4.62. The fourth-order valence-corrected chi connectivity index (χ4v) is 2.33. The molecule has 1 aromatic carbocycles. The van der Waals surface area contributed by atoms with Gasteiger partial charge in [0.15, 0.2) is 5.84 Å². The molecule has 0 fully saturated rings. The summed E-state index contributed by atoms with van der Waals surface area (Å²) in [5.74, 6) is 0.921. The lowest BCUT2D eigenvalue weighted by Gasteiger charge is -2.18. The molecule has 0 bridgehead atoms. The lowest BCUT2D eigenvalue weighted by atomic mass is 10.1. The van der Waals surface area contributed by atoms with Crippen LogP contribution in [0.25, 0.3) is 10.9 Å². The molecule has 1 atom stereocenters. The van der Waals surface area contributed by atoms with Crippen molar-refractivity contribution in [2.45, 2.75) is 33.3 Å². The third-order valence-corrected chi connectivity index (χ3v) is 3.19. The Labute approximate surface area is 124 Å². The summed E-state index contributed by atoms with van der Waals surface area (Å²) < 4.78 is 5.90. The lowest BCUT2D eigenvalue weighted by molar-refractivity contribution is 0.186. The monoisotopic (exact) mass is 287 g/mol. The number of rotatable bonds is 5. The minimum Gasteiger partial charge on any atom is -0.474 e. The van der Waals surface area contributed by atoms with Crippen molar-refractivity contribution in [3.05, 3.63) is 35.9 Å². The number of para-hydroxylation sites is 1. The van der Waals surface area contributed by atoms with Gasteiger partial charge in [-0.1, -0.05) is 37.2 Å². The largest absolute Gasteiger partial charge is 0.474 e. The van der Waals surface area contributed by atoms with E-state index in [1.807, 2.05) is 37.3 Å². The Morgan fingerprint density at radius 3 is 2.71 bits per heavy atom. The minimum absolute atomic E-state index is 0.000000000000000444. The maximum Gasteiger partial charge on any atom is 0.225 e. The van der Waals surface area contributed by atoms with Gasteiger partial charge in [-0.25, -0.2) is 4.98 Å². The molecule has 1 aromatic heterocycles. The fourth-order valence-electron chi connectivity index (χ4n) is 2.33. The molecular formula is C16H21N3O2. The van der Waals surface area contributed by atoms with Crippen LogP contribution in [0.5, 0.6) is 5.88 Å².